The number of halogens is 1. The van der Waals surface area contributed by atoms with Gasteiger partial charge in [0.1, 0.15) is 12.3 Å². The number of hydrogen-bond acceptors (Lipinski definition) is 7. The molecule has 1 fully saturated rings. The van der Waals surface area contributed by atoms with E-state index < -0.39 is 22.5 Å². The first-order chi connectivity index (χ1) is 19.7. The summed E-state index contributed by atoms with van der Waals surface area (Å²) in [5.41, 5.74) is 2.25. The fraction of sp³-hybridized carbons (Fsp3) is 0.367. The van der Waals surface area contributed by atoms with Crippen molar-refractivity contribution in [1.29, 1.82) is 0 Å². The van der Waals surface area contributed by atoms with Gasteiger partial charge in [-0.05, 0) is 67.4 Å². The molecule has 9 nitrogen and oxygen atoms in total. The number of sulfonamides is 1. The predicted molar refractivity (Wildman–Crippen MR) is 159 cm³/mol. The number of methoxy groups -OCH3 is 3. The van der Waals surface area contributed by atoms with Gasteiger partial charge in [0, 0.05) is 24.2 Å². The van der Waals surface area contributed by atoms with Gasteiger partial charge in [-0.15, -0.1) is 0 Å². The number of likely N-dealkylation sites (tertiary alicyclic amines) is 1. The van der Waals surface area contributed by atoms with Gasteiger partial charge in [0.05, 0.1) is 31.9 Å². The van der Waals surface area contributed by atoms with E-state index in [-0.39, 0.29) is 28.6 Å². The van der Waals surface area contributed by atoms with Crippen LogP contribution in [0.3, 0.4) is 0 Å². The third kappa shape index (κ3) is 7.63. The van der Waals surface area contributed by atoms with E-state index in [1.165, 1.54) is 70.4 Å². The van der Waals surface area contributed by atoms with Gasteiger partial charge in [0.2, 0.25) is 5.91 Å². The Balaban J connectivity index is 1.57. The highest BCUT2D eigenvalue weighted by atomic mass is 35.5. The summed E-state index contributed by atoms with van der Waals surface area (Å²) in [6, 6.07) is 16.9. The summed E-state index contributed by atoms with van der Waals surface area (Å²) in [5.74, 6) is 0.369. The maximum Gasteiger partial charge on any atom is 0.265 e. The van der Waals surface area contributed by atoms with Crippen LogP contribution in [0.4, 0.5) is 5.69 Å². The maximum absolute atomic E-state index is 14.0. The van der Waals surface area contributed by atoms with E-state index in [0.717, 1.165) is 29.5 Å². The fourth-order valence-corrected chi connectivity index (χ4v) is 6.47. The Hall–Kier alpha value is -3.47. The molecular weight excluding hydrogens is 566 g/mol. The molecule has 1 aliphatic rings. The van der Waals surface area contributed by atoms with Gasteiger partial charge in [-0.2, -0.15) is 0 Å². The standard InChI is InChI=1S/C30H36ClN3O6S/c1-38-27-12-10-24(31)17-26(27)34(41(36,37)25-11-13-28(39-2)29(18-25)40-3)21-30(35)32-19-22-8-7-9-23(16-22)20-33-14-5-4-6-15-33/h7-13,16-18H,4-6,14-15,19-21H2,1-3H3,(H,32,35). The number of piperidine rings is 1. The van der Waals surface area contributed by atoms with Crippen LogP contribution in [0.15, 0.2) is 65.6 Å². The molecule has 3 aromatic carbocycles. The summed E-state index contributed by atoms with van der Waals surface area (Å²) < 4.78 is 44.9. The van der Waals surface area contributed by atoms with Crippen LogP contribution < -0.4 is 23.8 Å². The molecule has 41 heavy (non-hydrogen) atoms. The van der Waals surface area contributed by atoms with Crippen LogP contribution in [0, 0.1) is 0 Å². The summed E-state index contributed by atoms with van der Waals surface area (Å²) >= 11 is 6.25. The number of benzene rings is 3. The van der Waals surface area contributed by atoms with Gasteiger partial charge >= 0.3 is 0 Å². The van der Waals surface area contributed by atoms with Crippen molar-refractivity contribution < 1.29 is 27.4 Å². The Kier molecular flexibility index (Phi) is 10.4. The maximum atomic E-state index is 14.0. The zero-order valence-corrected chi connectivity index (χ0v) is 25.1. The largest absolute Gasteiger partial charge is 0.495 e. The Morgan fingerprint density at radius 1 is 0.878 bits per heavy atom. The summed E-state index contributed by atoms with van der Waals surface area (Å²) in [6.07, 6.45) is 3.72. The summed E-state index contributed by atoms with van der Waals surface area (Å²) in [4.78, 5) is 15.6. The summed E-state index contributed by atoms with van der Waals surface area (Å²) in [7, 11) is 0.0309. The first kappa shape index (κ1) is 30.5. The average Bonchev–Trinajstić information content (AvgIpc) is 2.99. The lowest BCUT2D eigenvalue weighted by Gasteiger charge is -2.26. The Morgan fingerprint density at radius 2 is 1.56 bits per heavy atom. The van der Waals surface area contributed by atoms with Crippen molar-refractivity contribution in [3.8, 4) is 17.2 Å². The average molecular weight is 602 g/mol. The molecule has 1 amide bonds. The molecule has 0 radical (unpaired) electrons. The Morgan fingerprint density at radius 3 is 2.27 bits per heavy atom. The zero-order valence-electron chi connectivity index (χ0n) is 23.6. The van der Waals surface area contributed by atoms with Crippen LogP contribution in [0.5, 0.6) is 17.2 Å². The lowest BCUT2D eigenvalue weighted by atomic mass is 10.1. The third-order valence-electron chi connectivity index (χ3n) is 6.98. The monoisotopic (exact) mass is 601 g/mol. The van der Waals surface area contributed by atoms with Crippen molar-refractivity contribution in [2.24, 2.45) is 0 Å². The van der Waals surface area contributed by atoms with E-state index in [4.69, 9.17) is 25.8 Å². The number of rotatable bonds is 12. The Labute approximate surface area is 247 Å². The van der Waals surface area contributed by atoms with Crippen molar-refractivity contribution in [2.45, 2.75) is 37.2 Å². The van der Waals surface area contributed by atoms with Crippen LogP contribution in [-0.4, -0.2) is 60.2 Å². The molecule has 1 heterocycles. The summed E-state index contributed by atoms with van der Waals surface area (Å²) in [5, 5.41) is 3.16. The number of nitrogens with zero attached hydrogens (tertiary/aromatic N) is 2. The van der Waals surface area contributed by atoms with Crippen molar-refractivity contribution in [3.63, 3.8) is 0 Å². The molecule has 0 spiro atoms. The molecule has 1 aliphatic heterocycles. The molecule has 220 valence electrons. The second kappa shape index (κ2) is 13.9. The van der Waals surface area contributed by atoms with Gasteiger partial charge in [-0.25, -0.2) is 8.42 Å². The van der Waals surface area contributed by atoms with E-state index in [9.17, 15) is 13.2 Å². The molecule has 0 aliphatic carbocycles. The van der Waals surface area contributed by atoms with Gasteiger partial charge in [-0.3, -0.25) is 14.0 Å². The topological polar surface area (TPSA) is 97.4 Å². The van der Waals surface area contributed by atoms with Crippen molar-refractivity contribution in [1.82, 2.24) is 10.2 Å². The second-order valence-electron chi connectivity index (χ2n) is 9.78. The van der Waals surface area contributed by atoms with Crippen LogP contribution in [-0.2, 0) is 27.9 Å². The number of ether oxygens (including phenoxy) is 3. The second-order valence-corrected chi connectivity index (χ2v) is 12.1. The number of hydrogen-bond donors (Lipinski definition) is 1. The van der Waals surface area contributed by atoms with Gasteiger partial charge in [0.25, 0.3) is 10.0 Å². The summed E-state index contributed by atoms with van der Waals surface area (Å²) in [6.45, 7) is 2.81. The van der Waals surface area contributed by atoms with Gasteiger partial charge < -0.3 is 19.5 Å². The number of anilines is 1. The molecule has 0 bridgehead atoms. The molecule has 1 saturated heterocycles. The first-order valence-electron chi connectivity index (χ1n) is 13.4. The molecule has 0 aromatic heterocycles. The molecular formula is C30H36ClN3O6S. The van der Waals surface area contributed by atoms with E-state index >= 15 is 0 Å². The van der Waals surface area contributed by atoms with E-state index in [0.29, 0.717) is 10.8 Å². The van der Waals surface area contributed by atoms with Crippen LogP contribution in [0.1, 0.15) is 30.4 Å². The number of nitrogens with one attached hydrogen (secondary N) is 1. The molecule has 0 saturated carbocycles. The minimum Gasteiger partial charge on any atom is -0.495 e. The first-order valence-corrected chi connectivity index (χ1v) is 15.2. The predicted octanol–water partition coefficient (Wildman–Crippen LogP) is 4.86. The van der Waals surface area contributed by atoms with Crippen molar-refractivity contribution >= 4 is 33.2 Å². The highest BCUT2D eigenvalue weighted by Crippen LogP contribution is 2.37. The molecule has 11 heteroatoms. The number of carbonyl (C=O) groups excluding carboxylic acids is 1. The molecule has 3 aromatic rings. The third-order valence-corrected chi connectivity index (χ3v) is 8.97. The molecule has 1 N–H and O–H groups in total. The van der Waals surface area contributed by atoms with Crippen LogP contribution in [0.2, 0.25) is 5.02 Å². The van der Waals surface area contributed by atoms with E-state index in [1.807, 2.05) is 12.1 Å². The molecule has 0 atom stereocenters. The van der Waals surface area contributed by atoms with Crippen LogP contribution >= 0.6 is 11.6 Å². The van der Waals surface area contributed by atoms with Gasteiger partial charge in [0.15, 0.2) is 11.5 Å². The van der Waals surface area contributed by atoms with Crippen LogP contribution in [0.25, 0.3) is 0 Å². The SMILES string of the molecule is COc1ccc(S(=O)(=O)N(CC(=O)NCc2cccc(CN3CCCCC3)c2)c2cc(Cl)ccc2OC)cc1OC. The lowest BCUT2D eigenvalue weighted by Crippen LogP contribution is -2.41. The highest BCUT2D eigenvalue weighted by Gasteiger charge is 2.30. The normalized spacial score (nSPS) is 13.9. The lowest BCUT2D eigenvalue weighted by molar-refractivity contribution is -0.119. The molecule has 4 rings (SSSR count). The van der Waals surface area contributed by atoms with Crippen molar-refractivity contribution in [3.05, 3.63) is 76.8 Å². The number of amides is 1. The minimum absolute atomic E-state index is 0.0876. The quantitative estimate of drug-likeness (QED) is 0.316. The smallest absolute Gasteiger partial charge is 0.265 e. The minimum atomic E-state index is -4.27. The highest BCUT2D eigenvalue weighted by molar-refractivity contribution is 7.92. The fourth-order valence-electron chi connectivity index (χ4n) is 4.86. The van der Waals surface area contributed by atoms with Gasteiger partial charge in [-0.1, -0.05) is 42.3 Å². The molecule has 0 unspecified atom stereocenters. The Bertz CT molecular complexity index is 1460. The zero-order chi connectivity index (χ0) is 29.4. The number of carbonyl (C=O) groups is 1. The van der Waals surface area contributed by atoms with E-state index in [2.05, 4.69) is 22.3 Å². The van der Waals surface area contributed by atoms with Crippen molar-refractivity contribution in [2.75, 3.05) is 45.3 Å². The van der Waals surface area contributed by atoms with E-state index in [1.54, 1.807) is 12.1 Å².